The van der Waals surface area contributed by atoms with E-state index < -0.39 is 0 Å². The van der Waals surface area contributed by atoms with Gasteiger partial charge in [0.25, 0.3) is 0 Å². The normalized spacial score (nSPS) is 9.00. The summed E-state index contributed by atoms with van der Waals surface area (Å²) in [4.78, 5) is 0. The summed E-state index contributed by atoms with van der Waals surface area (Å²) in [6.45, 7) is 0. The number of hydrogen-bond donors (Lipinski definition) is 4. The van der Waals surface area contributed by atoms with E-state index >= 15 is 0 Å². The Morgan fingerprint density at radius 1 is 1.50 bits per heavy atom. The van der Waals surface area contributed by atoms with Gasteiger partial charge in [-0.1, -0.05) is 0 Å². The van der Waals surface area contributed by atoms with Crippen molar-refractivity contribution >= 4 is 12.3 Å². The molecule has 0 aromatic carbocycles. The minimum Gasteiger partial charge on any atom is -0.369 e. The van der Waals surface area contributed by atoms with Crippen molar-refractivity contribution in [2.24, 2.45) is 27.5 Å². The van der Waals surface area contributed by atoms with E-state index in [-0.39, 0.29) is 5.96 Å². The van der Waals surface area contributed by atoms with E-state index in [0.29, 0.717) is 0 Å². The highest BCUT2D eigenvalue weighted by atomic mass is 15.3. The first kappa shape index (κ1) is 6.54. The lowest BCUT2D eigenvalue weighted by Crippen LogP contribution is -2.26. The van der Waals surface area contributed by atoms with Crippen molar-refractivity contribution in [1.29, 1.82) is 0 Å². The van der Waals surface area contributed by atoms with Crippen LogP contribution in [0.5, 0.6) is 0 Å². The second kappa shape index (κ2) is 3.72. The highest BCUT2D eigenvalue weighted by Crippen LogP contribution is 1.47. The number of nitrogens with two attached hydrogens (primary N) is 3. The molecule has 0 saturated carbocycles. The number of hydrogen-bond acceptors (Lipinski definition) is 3. The molecule has 0 saturated heterocycles. The summed E-state index contributed by atoms with van der Waals surface area (Å²) in [7, 11) is 0. The molecule has 46 valence electrons. The van der Waals surface area contributed by atoms with Crippen molar-refractivity contribution in [1.82, 2.24) is 5.43 Å². The van der Waals surface area contributed by atoms with Crippen molar-refractivity contribution in [3.05, 3.63) is 0 Å². The molecule has 0 radical (unpaired) electrons. The van der Waals surface area contributed by atoms with E-state index in [4.69, 9.17) is 11.5 Å². The van der Waals surface area contributed by atoms with Crippen LogP contribution in [0.2, 0.25) is 0 Å². The third kappa shape index (κ3) is 4.54. The SMILES string of the molecule is NN=CNN=C(N)N. The first-order valence-corrected chi connectivity index (χ1v) is 1.83. The van der Waals surface area contributed by atoms with Crippen molar-refractivity contribution in [3.63, 3.8) is 0 Å². The predicted octanol–water partition coefficient (Wildman–Crippen LogP) is -2.33. The third-order valence-corrected chi connectivity index (χ3v) is 0.326. The largest absolute Gasteiger partial charge is 0.369 e. The molecule has 0 heterocycles. The van der Waals surface area contributed by atoms with Gasteiger partial charge in [0.1, 0.15) is 6.34 Å². The second-order valence-electron chi connectivity index (χ2n) is 0.944. The topological polar surface area (TPSA) is 115 Å². The summed E-state index contributed by atoms with van der Waals surface area (Å²) in [6.07, 6.45) is 1.15. The van der Waals surface area contributed by atoms with Gasteiger partial charge in [-0.05, 0) is 0 Å². The molecule has 0 bridgehead atoms. The van der Waals surface area contributed by atoms with Gasteiger partial charge in [0.2, 0.25) is 5.96 Å². The van der Waals surface area contributed by atoms with Crippen molar-refractivity contribution in [2.75, 3.05) is 0 Å². The number of nitrogens with zero attached hydrogens (tertiary/aromatic N) is 2. The smallest absolute Gasteiger partial charge is 0.208 e. The fourth-order valence-electron chi connectivity index (χ4n) is 0.137. The molecule has 0 atom stereocenters. The van der Waals surface area contributed by atoms with E-state index in [9.17, 15) is 0 Å². The Morgan fingerprint density at radius 2 is 2.12 bits per heavy atom. The highest BCUT2D eigenvalue weighted by Gasteiger charge is 1.70. The molecule has 0 amide bonds. The Morgan fingerprint density at radius 3 is 2.50 bits per heavy atom. The highest BCUT2D eigenvalue weighted by molar-refractivity contribution is 5.76. The predicted molar refractivity (Wildman–Crippen MR) is 31.6 cm³/mol. The van der Waals surface area contributed by atoms with Gasteiger partial charge in [-0.25, -0.2) is 0 Å². The fourth-order valence-corrected chi connectivity index (χ4v) is 0.137. The van der Waals surface area contributed by atoms with Gasteiger partial charge in [0.05, 0.1) is 0 Å². The standard InChI is InChI=1S/C2H8N6/c3-2(4)8-7-1-6-5/h1H,5H2,(H,6,7)(H4,3,4,8). The molecule has 6 heteroatoms. The van der Waals surface area contributed by atoms with Gasteiger partial charge in [-0.15, -0.1) is 5.10 Å². The molecule has 0 aliphatic carbocycles. The van der Waals surface area contributed by atoms with Crippen LogP contribution >= 0.6 is 0 Å². The number of hydrazone groups is 2. The van der Waals surface area contributed by atoms with Crippen LogP contribution in [0.3, 0.4) is 0 Å². The van der Waals surface area contributed by atoms with Gasteiger partial charge >= 0.3 is 0 Å². The Bertz CT molecular complexity index is 99.1. The summed E-state index contributed by atoms with van der Waals surface area (Å²) in [5, 5.41) is 6.36. The molecular formula is C2H8N6. The molecule has 0 aromatic rings. The summed E-state index contributed by atoms with van der Waals surface area (Å²) >= 11 is 0. The molecule has 0 rings (SSSR count). The Labute approximate surface area is 46.4 Å². The summed E-state index contributed by atoms with van der Waals surface area (Å²) in [6, 6.07) is 0. The molecule has 8 heavy (non-hydrogen) atoms. The van der Waals surface area contributed by atoms with Crippen LogP contribution in [0.25, 0.3) is 0 Å². The van der Waals surface area contributed by atoms with E-state index in [1.807, 2.05) is 0 Å². The van der Waals surface area contributed by atoms with Crippen molar-refractivity contribution < 1.29 is 0 Å². The second-order valence-corrected chi connectivity index (χ2v) is 0.944. The molecule has 0 aliphatic heterocycles. The number of rotatable bonds is 2. The van der Waals surface area contributed by atoms with Crippen LogP contribution in [0.1, 0.15) is 0 Å². The lowest BCUT2D eigenvalue weighted by Gasteiger charge is -1.87. The summed E-state index contributed by atoms with van der Waals surface area (Å²) < 4.78 is 0. The van der Waals surface area contributed by atoms with Crippen molar-refractivity contribution in [2.45, 2.75) is 0 Å². The van der Waals surface area contributed by atoms with Crippen molar-refractivity contribution in [3.8, 4) is 0 Å². The maximum Gasteiger partial charge on any atom is 0.208 e. The number of nitrogens with one attached hydrogen (secondary N) is 1. The molecule has 7 N–H and O–H groups in total. The molecular weight excluding hydrogens is 108 g/mol. The Kier molecular flexibility index (Phi) is 3.04. The number of guanidine groups is 1. The Balaban J connectivity index is 3.30. The Hall–Kier alpha value is -1.46. The first-order valence-electron chi connectivity index (χ1n) is 1.83. The molecule has 0 spiro atoms. The van der Waals surface area contributed by atoms with Crippen LogP contribution in [0.15, 0.2) is 10.2 Å². The lowest BCUT2D eigenvalue weighted by molar-refractivity contribution is 1.02. The zero-order valence-corrected chi connectivity index (χ0v) is 4.20. The molecule has 0 aromatic heterocycles. The van der Waals surface area contributed by atoms with E-state index in [1.54, 1.807) is 0 Å². The van der Waals surface area contributed by atoms with Crippen LogP contribution in [0.4, 0.5) is 0 Å². The fraction of sp³-hybridized carbons (Fsp3) is 0. The van der Waals surface area contributed by atoms with Crippen LogP contribution in [-0.4, -0.2) is 12.3 Å². The van der Waals surface area contributed by atoms with Gasteiger partial charge in [0.15, 0.2) is 0 Å². The van der Waals surface area contributed by atoms with Gasteiger partial charge in [-0.3, -0.25) is 5.43 Å². The van der Waals surface area contributed by atoms with Gasteiger partial charge < -0.3 is 17.3 Å². The minimum absolute atomic E-state index is 0.0649. The summed E-state index contributed by atoms with van der Waals surface area (Å²) in [5.41, 5.74) is 12.0. The third-order valence-electron chi connectivity index (χ3n) is 0.326. The van der Waals surface area contributed by atoms with Gasteiger partial charge in [0, 0.05) is 0 Å². The molecule has 0 aliphatic rings. The zero-order valence-electron chi connectivity index (χ0n) is 4.20. The van der Waals surface area contributed by atoms with E-state index in [1.165, 1.54) is 0 Å². The van der Waals surface area contributed by atoms with E-state index in [0.717, 1.165) is 6.34 Å². The lowest BCUT2D eigenvalue weighted by atomic mass is 11.1. The quantitative estimate of drug-likeness (QED) is 0.140. The average Bonchev–Trinajstić information content (AvgIpc) is 1.66. The molecule has 0 fully saturated rings. The summed E-state index contributed by atoms with van der Waals surface area (Å²) in [5.74, 6) is 4.61. The molecule has 0 unspecified atom stereocenters. The first-order chi connectivity index (χ1) is 3.77. The zero-order chi connectivity index (χ0) is 6.41. The monoisotopic (exact) mass is 116 g/mol. The average molecular weight is 116 g/mol. The maximum absolute atomic E-state index is 4.90. The van der Waals surface area contributed by atoms with Gasteiger partial charge in [-0.2, -0.15) is 5.10 Å². The molecule has 6 nitrogen and oxygen atoms in total. The van der Waals surface area contributed by atoms with E-state index in [2.05, 4.69) is 21.5 Å². The van der Waals surface area contributed by atoms with Crippen LogP contribution in [-0.2, 0) is 0 Å². The van der Waals surface area contributed by atoms with Crippen LogP contribution in [0, 0.1) is 0 Å². The van der Waals surface area contributed by atoms with Crippen LogP contribution < -0.4 is 22.7 Å². The minimum atomic E-state index is -0.0649. The maximum atomic E-state index is 4.90.